The monoisotopic (exact) mass is 331 g/mol. The van der Waals surface area contributed by atoms with Crippen molar-refractivity contribution in [3.05, 3.63) is 47.6 Å². The molecule has 0 N–H and O–H groups in total. The first-order valence-corrected chi connectivity index (χ1v) is 7.39. The van der Waals surface area contributed by atoms with E-state index in [1.807, 2.05) is 0 Å². The first-order valence-electron chi connectivity index (χ1n) is 7.39. The van der Waals surface area contributed by atoms with E-state index in [2.05, 4.69) is 50.3 Å². The first kappa shape index (κ1) is 19.1. The molecule has 0 spiro atoms. The molecule has 0 amide bonds. The summed E-state index contributed by atoms with van der Waals surface area (Å²) in [6.45, 7) is 4.44. The van der Waals surface area contributed by atoms with Crippen LogP contribution in [0.2, 0.25) is 0 Å². The molecule has 103 valence electrons. The summed E-state index contributed by atoms with van der Waals surface area (Å²) in [5.41, 5.74) is 2.83. The second-order valence-electron chi connectivity index (χ2n) is 4.82. The van der Waals surface area contributed by atoms with E-state index in [4.69, 9.17) is 0 Å². The van der Waals surface area contributed by atoms with E-state index >= 15 is 0 Å². The van der Waals surface area contributed by atoms with Crippen LogP contribution in [-0.4, -0.2) is 0 Å². The standard InChI is InChI=1S/2C9H13.Y/c2*1-2-3-6-9-7-4-5-8-9;/h2*4,7H,2-3,5-6H2,1H3;/q2*-1;. The van der Waals surface area contributed by atoms with Crippen LogP contribution in [0.25, 0.3) is 0 Å². The molecule has 0 aromatic rings. The Labute approximate surface area is 145 Å². The van der Waals surface area contributed by atoms with Gasteiger partial charge >= 0.3 is 0 Å². The fourth-order valence-corrected chi connectivity index (χ4v) is 1.98. The molecular formula is C18H26Y-2. The minimum absolute atomic E-state index is 0. The minimum Gasteiger partial charge on any atom is -0.269 e. The molecule has 1 heteroatoms. The van der Waals surface area contributed by atoms with Gasteiger partial charge in [-0.05, 0) is 0 Å². The molecule has 0 saturated carbocycles. The van der Waals surface area contributed by atoms with Crippen LogP contribution in [0.3, 0.4) is 0 Å². The summed E-state index contributed by atoms with van der Waals surface area (Å²) in [5, 5.41) is 0. The van der Waals surface area contributed by atoms with E-state index < -0.39 is 0 Å². The van der Waals surface area contributed by atoms with Crippen molar-refractivity contribution >= 4 is 0 Å². The van der Waals surface area contributed by atoms with E-state index in [1.165, 1.54) is 49.7 Å². The van der Waals surface area contributed by atoms with Crippen molar-refractivity contribution in [1.82, 2.24) is 0 Å². The Balaban J connectivity index is 0.000000324. The van der Waals surface area contributed by atoms with Gasteiger partial charge in [0.2, 0.25) is 0 Å². The van der Waals surface area contributed by atoms with Crippen LogP contribution in [0.5, 0.6) is 0 Å². The largest absolute Gasteiger partial charge is 0.269 e. The van der Waals surface area contributed by atoms with Gasteiger partial charge in [0.05, 0.1) is 0 Å². The average Bonchev–Trinajstić information content (AvgIpc) is 3.07. The van der Waals surface area contributed by atoms with E-state index in [1.54, 1.807) is 0 Å². The van der Waals surface area contributed by atoms with Crippen molar-refractivity contribution < 1.29 is 32.7 Å². The summed E-state index contributed by atoms with van der Waals surface area (Å²) in [6, 6.07) is 0. The van der Waals surface area contributed by atoms with Crippen molar-refractivity contribution in [3.63, 3.8) is 0 Å². The molecule has 0 atom stereocenters. The predicted octanol–water partition coefficient (Wildman–Crippen LogP) is 5.73. The Morgan fingerprint density at radius 2 is 1.26 bits per heavy atom. The average molecular weight is 331 g/mol. The number of allylic oxidation sites excluding steroid dienone is 8. The molecule has 0 aliphatic heterocycles. The third-order valence-electron chi connectivity index (χ3n) is 3.13. The Bertz CT molecular complexity index is 298. The second kappa shape index (κ2) is 13.1. The molecule has 0 fully saturated rings. The normalized spacial score (nSPS) is 15.5. The van der Waals surface area contributed by atoms with Crippen LogP contribution in [-0.2, 0) is 32.7 Å². The van der Waals surface area contributed by atoms with Gasteiger partial charge in [-0.15, -0.1) is 12.8 Å². The van der Waals surface area contributed by atoms with Gasteiger partial charge in [0, 0.05) is 32.7 Å². The Morgan fingerprint density at radius 1 is 0.842 bits per heavy atom. The van der Waals surface area contributed by atoms with Gasteiger partial charge in [-0.2, -0.15) is 12.2 Å². The third-order valence-corrected chi connectivity index (χ3v) is 3.13. The van der Waals surface area contributed by atoms with Crippen LogP contribution in [0.15, 0.2) is 35.5 Å². The molecule has 0 nitrogen and oxygen atoms in total. The molecule has 1 radical (unpaired) electrons. The number of rotatable bonds is 6. The smallest absolute Gasteiger partial charge is 0 e. The van der Waals surface area contributed by atoms with Crippen molar-refractivity contribution in [2.45, 2.75) is 65.2 Å². The van der Waals surface area contributed by atoms with E-state index in [9.17, 15) is 0 Å². The Kier molecular flexibility index (Phi) is 13.1. The first-order chi connectivity index (χ1) is 8.86. The van der Waals surface area contributed by atoms with Gasteiger partial charge in [-0.1, -0.05) is 52.4 Å². The molecule has 2 rings (SSSR count). The molecule has 19 heavy (non-hydrogen) atoms. The van der Waals surface area contributed by atoms with Gasteiger partial charge in [0.15, 0.2) is 0 Å². The van der Waals surface area contributed by atoms with Crippen molar-refractivity contribution in [2.24, 2.45) is 0 Å². The molecule has 0 saturated heterocycles. The summed E-state index contributed by atoms with van der Waals surface area (Å²) in [4.78, 5) is 0. The summed E-state index contributed by atoms with van der Waals surface area (Å²) in [6.07, 6.45) is 25.1. The third kappa shape index (κ3) is 9.58. The number of hydrogen-bond acceptors (Lipinski definition) is 0. The van der Waals surface area contributed by atoms with Crippen LogP contribution >= 0.6 is 0 Å². The quantitative estimate of drug-likeness (QED) is 0.545. The summed E-state index contributed by atoms with van der Waals surface area (Å²) < 4.78 is 0. The SMILES string of the molecule is CCCCC1=[C-]CC=C1.CCCCC1=[C-]CC=C1.[Y]. The fourth-order valence-electron chi connectivity index (χ4n) is 1.98. The molecular weight excluding hydrogens is 305 g/mol. The van der Waals surface area contributed by atoms with Crippen LogP contribution in [0, 0.1) is 12.2 Å². The van der Waals surface area contributed by atoms with Crippen molar-refractivity contribution in [1.29, 1.82) is 0 Å². The van der Waals surface area contributed by atoms with Crippen LogP contribution in [0.1, 0.15) is 65.2 Å². The number of unbranched alkanes of at least 4 members (excludes halogenated alkanes) is 2. The zero-order valence-electron chi connectivity index (χ0n) is 12.5. The minimum atomic E-state index is 0. The van der Waals surface area contributed by atoms with Crippen molar-refractivity contribution in [3.8, 4) is 0 Å². The molecule has 0 heterocycles. The van der Waals surface area contributed by atoms with E-state index in [0.29, 0.717) is 0 Å². The fraction of sp³-hybridized carbons (Fsp3) is 0.556. The Hall–Kier alpha value is 0.0639. The van der Waals surface area contributed by atoms with E-state index in [0.717, 1.165) is 12.8 Å². The van der Waals surface area contributed by atoms with Gasteiger partial charge in [0.1, 0.15) is 0 Å². The summed E-state index contributed by atoms with van der Waals surface area (Å²) in [5.74, 6) is 0. The molecule has 0 unspecified atom stereocenters. The van der Waals surface area contributed by atoms with E-state index in [-0.39, 0.29) is 32.7 Å². The van der Waals surface area contributed by atoms with Crippen molar-refractivity contribution in [2.75, 3.05) is 0 Å². The van der Waals surface area contributed by atoms with Gasteiger partial charge in [0.25, 0.3) is 0 Å². The predicted molar refractivity (Wildman–Crippen MR) is 80.1 cm³/mol. The molecule has 0 bridgehead atoms. The maximum absolute atomic E-state index is 3.30. The molecule has 0 aromatic carbocycles. The van der Waals surface area contributed by atoms with Gasteiger partial charge in [-0.25, -0.2) is 23.3 Å². The Morgan fingerprint density at radius 3 is 1.53 bits per heavy atom. The summed E-state index contributed by atoms with van der Waals surface area (Å²) >= 11 is 0. The maximum atomic E-state index is 3.30. The molecule has 2 aliphatic rings. The summed E-state index contributed by atoms with van der Waals surface area (Å²) in [7, 11) is 0. The molecule has 2 aliphatic carbocycles. The zero-order valence-corrected chi connectivity index (χ0v) is 15.4. The molecule has 0 aromatic heterocycles. The zero-order chi connectivity index (χ0) is 13.1. The topological polar surface area (TPSA) is 0 Å². The number of hydrogen-bond donors (Lipinski definition) is 0. The maximum Gasteiger partial charge on any atom is 0 e. The van der Waals surface area contributed by atoms with Crippen LogP contribution in [0.4, 0.5) is 0 Å². The van der Waals surface area contributed by atoms with Gasteiger partial charge in [-0.3, -0.25) is 12.2 Å². The second-order valence-corrected chi connectivity index (χ2v) is 4.82. The van der Waals surface area contributed by atoms with Gasteiger partial charge < -0.3 is 0 Å². The van der Waals surface area contributed by atoms with Crippen LogP contribution < -0.4 is 0 Å².